The number of ether oxygens (including phenoxy) is 1. The van der Waals surface area contributed by atoms with Gasteiger partial charge >= 0.3 is 6.09 Å². The van der Waals surface area contributed by atoms with Gasteiger partial charge < -0.3 is 9.26 Å². The molecule has 100 valence electrons. The topological polar surface area (TPSA) is 68.5 Å². The van der Waals surface area contributed by atoms with Crippen LogP contribution in [0.3, 0.4) is 0 Å². The first-order chi connectivity index (χ1) is 8.37. The fourth-order valence-electron chi connectivity index (χ4n) is 2.01. The Morgan fingerprint density at radius 2 is 2.22 bits per heavy atom. The first kappa shape index (κ1) is 12.9. The van der Waals surface area contributed by atoms with E-state index in [4.69, 9.17) is 9.26 Å². The molecule has 0 radical (unpaired) electrons. The summed E-state index contributed by atoms with van der Waals surface area (Å²) in [5.74, 6) is 1.08. The van der Waals surface area contributed by atoms with Crippen molar-refractivity contribution in [1.82, 2.24) is 15.0 Å². The molecule has 0 spiro atoms. The van der Waals surface area contributed by atoms with E-state index in [0.717, 1.165) is 12.8 Å². The van der Waals surface area contributed by atoms with Crippen LogP contribution < -0.4 is 0 Å². The molecule has 18 heavy (non-hydrogen) atoms. The molecule has 2 heterocycles. The molecule has 0 saturated carbocycles. The summed E-state index contributed by atoms with van der Waals surface area (Å²) >= 11 is 0. The van der Waals surface area contributed by atoms with Crippen LogP contribution in [0.25, 0.3) is 0 Å². The van der Waals surface area contributed by atoms with Gasteiger partial charge in [-0.05, 0) is 40.5 Å². The van der Waals surface area contributed by atoms with Gasteiger partial charge in [0.15, 0.2) is 5.82 Å². The lowest BCUT2D eigenvalue weighted by atomic mass is 10.2. The van der Waals surface area contributed by atoms with Crippen molar-refractivity contribution in [2.45, 2.75) is 52.2 Å². The highest BCUT2D eigenvalue weighted by atomic mass is 16.6. The SMILES string of the molecule is Cc1noc([C@@H]2CCCN2C(=O)OC(C)(C)C)n1. The minimum absolute atomic E-state index is 0.152. The molecule has 1 atom stereocenters. The van der Waals surface area contributed by atoms with Crippen LogP contribution in [-0.2, 0) is 4.74 Å². The lowest BCUT2D eigenvalue weighted by molar-refractivity contribution is 0.0199. The van der Waals surface area contributed by atoms with Crippen molar-refractivity contribution in [2.75, 3.05) is 6.54 Å². The third-order valence-electron chi connectivity index (χ3n) is 2.71. The summed E-state index contributed by atoms with van der Waals surface area (Å²) in [5.41, 5.74) is -0.491. The third kappa shape index (κ3) is 2.80. The van der Waals surface area contributed by atoms with Crippen LogP contribution in [0.1, 0.15) is 51.4 Å². The lowest BCUT2D eigenvalue weighted by Gasteiger charge is -2.26. The van der Waals surface area contributed by atoms with Gasteiger partial charge in [-0.15, -0.1) is 0 Å². The van der Waals surface area contributed by atoms with Crippen LogP contribution >= 0.6 is 0 Å². The van der Waals surface area contributed by atoms with Gasteiger partial charge in [0.1, 0.15) is 11.6 Å². The second kappa shape index (κ2) is 4.59. The van der Waals surface area contributed by atoms with Gasteiger partial charge in [0, 0.05) is 6.54 Å². The first-order valence-corrected chi connectivity index (χ1v) is 6.16. The summed E-state index contributed by atoms with van der Waals surface area (Å²) in [7, 11) is 0. The standard InChI is InChI=1S/C12H19N3O3/c1-8-13-10(18-14-8)9-6-5-7-15(9)11(16)17-12(2,3)4/h9H,5-7H2,1-4H3/t9-/m0/s1. The highest BCUT2D eigenvalue weighted by molar-refractivity contribution is 5.69. The van der Waals surface area contributed by atoms with Crippen LogP contribution in [0.2, 0.25) is 0 Å². The van der Waals surface area contributed by atoms with Crippen molar-refractivity contribution in [3.05, 3.63) is 11.7 Å². The molecule has 1 aromatic rings. The number of hydrogen-bond acceptors (Lipinski definition) is 5. The Balaban J connectivity index is 2.10. The summed E-state index contributed by atoms with van der Waals surface area (Å²) in [4.78, 5) is 17.9. The average Bonchev–Trinajstić information content (AvgIpc) is 2.81. The van der Waals surface area contributed by atoms with Gasteiger partial charge in [-0.1, -0.05) is 5.16 Å². The molecule has 0 bridgehead atoms. The Kier molecular flexibility index (Phi) is 3.28. The predicted molar refractivity (Wildman–Crippen MR) is 64.0 cm³/mol. The molecule has 1 aliphatic heterocycles. The molecule has 1 amide bonds. The molecule has 0 N–H and O–H groups in total. The maximum Gasteiger partial charge on any atom is 0.410 e. The van der Waals surface area contributed by atoms with E-state index in [-0.39, 0.29) is 12.1 Å². The fraction of sp³-hybridized carbons (Fsp3) is 0.750. The van der Waals surface area contributed by atoms with Crippen molar-refractivity contribution in [1.29, 1.82) is 0 Å². The number of hydrogen-bond donors (Lipinski definition) is 0. The van der Waals surface area contributed by atoms with Gasteiger partial charge in [-0.2, -0.15) is 4.98 Å². The number of nitrogens with zero attached hydrogens (tertiary/aromatic N) is 3. The molecule has 2 rings (SSSR count). The largest absolute Gasteiger partial charge is 0.444 e. The second-order valence-electron chi connectivity index (χ2n) is 5.51. The summed E-state index contributed by atoms with van der Waals surface area (Å²) in [6.45, 7) is 7.99. The van der Waals surface area contributed by atoms with Crippen molar-refractivity contribution in [2.24, 2.45) is 0 Å². The monoisotopic (exact) mass is 253 g/mol. The number of carbonyl (C=O) groups excluding carboxylic acids is 1. The van der Waals surface area contributed by atoms with Crippen LogP contribution in [0.15, 0.2) is 4.52 Å². The van der Waals surface area contributed by atoms with E-state index in [2.05, 4.69) is 10.1 Å². The second-order valence-corrected chi connectivity index (χ2v) is 5.51. The molecule has 6 nitrogen and oxygen atoms in total. The average molecular weight is 253 g/mol. The molecule has 1 saturated heterocycles. The fourth-order valence-corrected chi connectivity index (χ4v) is 2.01. The van der Waals surface area contributed by atoms with Gasteiger partial charge in [-0.3, -0.25) is 4.90 Å². The van der Waals surface area contributed by atoms with Crippen LogP contribution in [0, 0.1) is 6.92 Å². The molecular formula is C12H19N3O3. The van der Waals surface area contributed by atoms with E-state index in [1.54, 1.807) is 11.8 Å². The Bertz CT molecular complexity index is 436. The molecule has 1 aromatic heterocycles. The molecular weight excluding hydrogens is 234 g/mol. The summed E-state index contributed by atoms with van der Waals surface area (Å²) in [6.07, 6.45) is 1.44. The molecule has 1 fully saturated rings. The minimum Gasteiger partial charge on any atom is -0.444 e. The van der Waals surface area contributed by atoms with E-state index >= 15 is 0 Å². The minimum atomic E-state index is -0.491. The van der Waals surface area contributed by atoms with Crippen molar-refractivity contribution >= 4 is 6.09 Å². The number of carbonyl (C=O) groups is 1. The third-order valence-corrected chi connectivity index (χ3v) is 2.71. The van der Waals surface area contributed by atoms with Crippen LogP contribution in [0.4, 0.5) is 4.79 Å². The predicted octanol–water partition coefficient (Wildman–Crippen LogP) is 2.45. The highest BCUT2D eigenvalue weighted by Gasteiger charge is 2.36. The zero-order chi connectivity index (χ0) is 13.3. The number of aromatic nitrogens is 2. The van der Waals surface area contributed by atoms with Gasteiger partial charge in [0.2, 0.25) is 5.89 Å². The number of aryl methyl sites for hydroxylation is 1. The van der Waals surface area contributed by atoms with E-state index in [9.17, 15) is 4.79 Å². The Hall–Kier alpha value is -1.59. The molecule has 6 heteroatoms. The van der Waals surface area contributed by atoms with Gasteiger partial charge in [0.05, 0.1) is 0 Å². The van der Waals surface area contributed by atoms with Crippen molar-refractivity contribution < 1.29 is 14.1 Å². The van der Waals surface area contributed by atoms with E-state index < -0.39 is 5.60 Å². The summed E-state index contributed by atoms with van der Waals surface area (Å²) in [5, 5.41) is 3.76. The number of likely N-dealkylation sites (tertiary alicyclic amines) is 1. The molecule has 0 aliphatic carbocycles. The van der Waals surface area contributed by atoms with E-state index in [0.29, 0.717) is 18.3 Å². The quantitative estimate of drug-likeness (QED) is 0.769. The van der Waals surface area contributed by atoms with E-state index in [1.807, 2.05) is 20.8 Å². The summed E-state index contributed by atoms with van der Waals surface area (Å²) in [6, 6.07) is -0.152. The normalized spacial score (nSPS) is 20.2. The smallest absolute Gasteiger partial charge is 0.410 e. The Labute approximate surface area is 106 Å². The zero-order valence-electron chi connectivity index (χ0n) is 11.3. The van der Waals surface area contributed by atoms with Crippen LogP contribution in [-0.4, -0.2) is 33.3 Å². The van der Waals surface area contributed by atoms with Crippen molar-refractivity contribution in [3.63, 3.8) is 0 Å². The zero-order valence-corrected chi connectivity index (χ0v) is 11.3. The lowest BCUT2D eigenvalue weighted by Crippen LogP contribution is -2.36. The van der Waals surface area contributed by atoms with E-state index in [1.165, 1.54) is 0 Å². The molecule has 0 unspecified atom stereocenters. The maximum absolute atomic E-state index is 12.1. The van der Waals surface area contributed by atoms with Crippen molar-refractivity contribution in [3.8, 4) is 0 Å². The van der Waals surface area contributed by atoms with Gasteiger partial charge in [0.25, 0.3) is 0 Å². The summed E-state index contributed by atoms with van der Waals surface area (Å²) < 4.78 is 10.5. The highest BCUT2D eigenvalue weighted by Crippen LogP contribution is 2.32. The molecule has 1 aliphatic rings. The number of amides is 1. The Morgan fingerprint density at radius 1 is 1.50 bits per heavy atom. The molecule has 0 aromatic carbocycles. The maximum atomic E-state index is 12.1. The number of rotatable bonds is 1. The first-order valence-electron chi connectivity index (χ1n) is 6.16. The Morgan fingerprint density at radius 3 is 2.78 bits per heavy atom. The van der Waals surface area contributed by atoms with Gasteiger partial charge in [-0.25, -0.2) is 4.79 Å². The van der Waals surface area contributed by atoms with Crippen LogP contribution in [0.5, 0.6) is 0 Å².